The van der Waals surface area contributed by atoms with Crippen LogP contribution in [0.2, 0.25) is 0 Å². The van der Waals surface area contributed by atoms with Crippen LogP contribution in [0.3, 0.4) is 0 Å². The number of ether oxygens (including phenoxy) is 1. The van der Waals surface area contributed by atoms with E-state index < -0.39 is 35.8 Å². The van der Waals surface area contributed by atoms with Gasteiger partial charge in [-0.3, -0.25) is 14.5 Å². The number of esters is 1. The Kier molecular flexibility index (Phi) is 4.10. The van der Waals surface area contributed by atoms with Crippen LogP contribution in [-0.2, 0) is 14.3 Å². The van der Waals surface area contributed by atoms with Crippen molar-refractivity contribution in [2.75, 3.05) is 5.32 Å². The van der Waals surface area contributed by atoms with Crippen LogP contribution in [-0.4, -0.2) is 28.7 Å². The molecule has 2 aromatic rings. The van der Waals surface area contributed by atoms with E-state index in [4.69, 9.17) is 4.74 Å². The maximum absolute atomic E-state index is 13.4. The zero-order valence-electron chi connectivity index (χ0n) is 13.9. The molecule has 0 spiro atoms. The lowest BCUT2D eigenvalue weighted by atomic mass is 10.1. The van der Waals surface area contributed by atoms with Crippen molar-refractivity contribution in [3.05, 3.63) is 65.2 Å². The number of halogens is 2. The molecular weight excluding hydrogens is 358 g/mol. The van der Waals surface area contributed by atoms with Gasteiger partial charge in [-0.25, -0.2) is 13.6 Å². The monoisotopic (exact) mass is 372 g/mol. The summed E-state index contributed by atoms with van der Waals surface area (Å²) in [7, 11) is 0. The predicted molar refractivity (Wildman–Crippen MR) is 89.5 cm³/mol. The van der Waals surface area contributed by atoms with E-state index in [1.54, 1.807) is 24.3 Å². The smallest absolute Gasteiger partial charge is 0.340 e. The van der Waals surface area contributed by atoms with E-state index >= 15 is 0 Å². The van der Waals surface area contributed by atoms with Crippen molar-refractivity contribution in [1.82, 2.24) is 4.90 Å². The number of cyclic esters (lactones) is 1. The summed E-state index contributed by atoms with van der Waals surface area (Å²) >= 11 is 0. The van der Waals surface area contributed by atoms with Crippen molar-refractivity contribution in [2.24, 2.45) is 0 Å². The Morgan fingerprint density at radius 2 is 1.89 bits per heavy atom. The molecule has 2 aromatic carbocycles. The molecule has 0 unspecified atom stereocenters. The average Bonchev–Trinajstić information content (AvgIpc) is 3.19. The Hall–Kier alpha value is -3.29. The van der Waals surface area contributed by atoms with Gasteiger partial charge in [-0.2, -0.15) is 0 Å². The summed E-state index contributed by atoms with van der Waals surface area (Å²) in [6.07, 6.45) is -0.638. The minimum absolute atomic E-state index is 0.0713. The third kappa shape index (κ3) is 2.92. The van der Waals surface area contributed by atoms with Crippen molar-refractivity contribution >= 4 is 23.5 Å². The van der Waals surface area contributed by atoms with Gasteiger partial charge in [-0.05, 0) is 24.6 Å². The maximum Gasteiger partial charge on any atom is 0.340 e. The van der Waals surface area contributed by atoms with E-state index in [0.29, 0.717) is 11.1 Å². The van der Waals surface area contributed by atoms with Crippen LogP contribution < -0.4 is 5.32 Å². The van der Waals surface area contributed by atoms with Gasteiger partial charge < -0.3 is 10.1 Å². The lowest BCUT2D eigenvalue weighted by molar-refractivity contribution is -0.144. The Bertz CT molecular complexity index is 962. The highest BCUT2D eigenvalue weighted by Gasteiger charge is 2.46. The number of carbonyl (C=O) groups excluding carboxylic acids is 3. The van der Waals surface area contributed by atoms with Gasteiger partial charge in [0, 0.05) is 23.7 Å². The van der Waals surface area contributed by atoms with Crippen LogP contribution in [0.15, 0.2) is 42.5 Å². The van der Waals surface area contributed by atoms with Crippen LogP contribution >= 0.6 is 0 Å². The van der Waals surface area contributed by atoms with Gasteiger partial charge in [0.1, 0.15) is 6.04 Å². The minimum Gasteiger partial charge on any atom is -0.433 e. The molecule has 8 heteroatoms. The topological polar surface area (TPSA) is 75.7 Å². The van der Waals surface area contributed by atoms with Crippen LogP contribution in [0.4, 0.5) is 14.5 Å². The number of amides is 2. The zero-order chi connectivity index (χ0) is 19.1. The number of likely N-dealkylation sites (tertiary alicyclic amines) is 1. The second kappa shape index (κ2) is 6.46. The highest BCUT2D eigenvalue weighted by Crippen LogP contribution is 2.38. The van der Waals surface area contributed by atoms with E-state index in [1.165, 1.54) is 11.0 Å². The molecule has 2 atom stereocenters. The number of nitrogens with zero attached hydrogens (tertiary/aromatic N) is 1. The molecule has 27 heavy (non-hydrogen) atoms. The minimum atomic E-state index is -1.09. The summed E-state index contributed by atoms with van der Waals surface area (Å²) in [5, 5.41) is 2.48. The van der Waals surface area contributed by atoms with Crippen LogP contribution in [0.25, 0.3) is 0 Å². The molecule has 0 aliphatic carbocycles. The highest BCUT2D eigenvalue weighted by molar-refractivity contribution is 6.00. The summed E-state index contributed by atoms with van der Waals surface area (Å²) in [5.74, 6) is -3.57. The van der Waals surface area contributed by atoms with Crippen molar-refractivity contribution < 1.29 is 27.9 Å². The van der Waals surface area contributed by atoms with Gasteiger partial charge in [0.2, 0.25) is 18.0 Å². The molecule has 4 rings (SSSR count). The fourth-order valence-electron chi connectivity index (χ4n) is 3.39. The second-order valence-electron chi connectivity index (χ2n) is 6.32. The zero-order valence-corrected chi connectivity index (χ0v) is 13.9. The Morgan fingerprint density at radius 3 is 2.67 bits per heavy atom. The van der Waals surface area contributed by atoms with Crippen molar-refractivity contribution in [1.29, 1.82) is 0 Å². The van der Waals surface area contributed by atoms with Gasteiger partial charge in [0.25, 0.3) is 0 Å². The van der Waals surface area contributed by atoms with E-state index in [1.807, 2.05) is 0 Å². The molecule has 0 radical (unpaired) electrons. The fraction of sp³-hybridized carbons (Fsp3) is 0.211. The molecular formula is C19H14F2N2O4. The molecule has 0 bridgehead atoms. The third-order valence-corrected chi connectivity index (χ3v) is 4.66. The standard InChI is InChI=1S/C19H14F2N2O4/c20-13-6-5-10(9-14(13)21)22-17(25)15-7-8-16(24)23(15)18-11-3-1-2-4-12(11)19(26)27-18/h1-6,9,15,18H,7-8H2,(H,22,25)/t15-,18-/m1/s1. The fourth-order valence-corrected chi connectivity index (χ4v) is 3.39. The number of hydrogen-bond donors (Lipinski definition) is 1. The molecule has 0 saturated carbocycles. The highest BCUT2D eigenvalue weighted by atomic mass is 19.2. The number of anilines is 1. The van der Waals surface area contributed by atoms with E-state index in [2.05, 4.69) is 5.32 Å². The number of nitrogens with one attached hydrogen (secondary N) is 1. The van der Waals surface area contributed by atoms with Crippen molar-refractivity contribution in [3.8, 4) is 0 Å². The number of benzene rings is 2. The predicted octanol–water partition coefficient (Wildman–Crippen LogP) is 2.76. The summed E-state index contributed by atoms with van der Waals surface area (Å²) in [6, 6.07) is 8.75. The Morgan fingerprint density at radius 1 is 1.11 bits per heavy atom. The molecule has 2 heterocycles. The van der Waals surface area contributed by atoms with Gasteiger partial charge in [-0.15, -0.1) is 0 Å². The van der Waals surface area contributed by atoms with Gasteiger partial charge >= 0.3 is 5.97 Å². The second-order valence-corrected chi connectivity index (χ2v) is 6.32. The van der Waals surface area contributed by atoms with Crippen LogP contribution in [0.1, 0.15) is 35.0 Å². The van der Waals surface area contributed by atoms with E-state index in [0.717, 1.165) is 12.1 Å². The first-order valence-corrected chi connectivity index (χ1v) is 8.32. The lowest BCUT2D eigenvalue weighted by Crippen LogP contribution is -2.43. The first-order valence-electron chi connectivity index (χ1n) is 8.32. The first-order chi connectivity index (χ1) is 13.0. The number of fused-ring (bicyclic) bond motifs is 1. The summed E-state index contributed by atoms with van der Waals surface area (Å²) in [4.78, 5) is 38.3. The third-order valence-electron chi connectivity index (χ3n) is 4.66. The van der Waals surface area contributed by atoms with Crippen LogP contribution in [0.5, 0.6) is 0 Å². The van der Waals surface area contributed by atoms with Crippen molar-refractivity contribution in [2.45, 2.75) is 25.1 Å². The number of hydrogen-bond acceptors (Lipinski definition) is 4. The lowest BCUT2D eigenvalue weighted by Gasteiger charge is -2.29. The van der Waals surface area contributed by atoms with Gasteiger partial charge in [-0.1, -0.05) is 18.2 Å². The van der Waals surface area contributed by atoms with Gasteiger partial charge in [0.15, 0.2) is 11.6 Å². The van der Waals surface area contributed by atoms with Gasteiger partial charge in [0.05, 0.1) is 5.56 Å². The first kappa shape index (κ1) is 17.1. The molecule has 138 valence electrons. The molecule has 2 aliphatic heterocycles. The maximum atomic E-state index is 13.4. The molecule has 1 N–H and O–H groups in total. The summed E-state index contributed by atoms with van der Waals surface area (Å²) in [5.41, 5.74) is 0.937. The molecule has 1 fully saturated rings. The van der Waals surface area contributed by atoms with E-state index in [-0.39, 0.29) is 24.4 Å². The number of rotatable bonds is 3. The summed E-state index contributed by atoms with van der Waals surface area (Å²) in [6.45, 7) is 0. The summed E-state index contributed by atoms with van der Waals surface area (Å²) < 4.78 is 31.7. The van der Waals surface area contributed by atoms with Crippen molar-refractivity contribution in [3.63, 3.8) is 0 Å². The SMILES string of the molecule is O=C1O[C@@H](N2C(=O)CC[C@@H]2C(=O)Nc2ccc(F)c(F)c2)c2ccccc21. The quantitative estimate of drug-likeness (QED) is 0.841. The molecule has 2 aliphatic rings. The van der Waals surface area contributed by atoms with E-state index in [9.17, 15) is 23.2 Å². The Labute approximate surface area is 152 Å². The molecule has 2 amide bonds. The number of carbonyl (C=O) groups is 3. The largest absolute Gasteiger partial charge is 0.433 e. The normalized spacial score (nSPS) is 21.2. The average molecular weight is 372 g/mol. The van der Waals surface area contributed by atoms with Crippen LogP contribution in [0, 0.1) is 11.6 Å². The molecule has 0 aromatic heterocycles. The Balaban J connectivity index is 1.59. The molecule has 6 nitrogen and oxygen atoms in total. The molecule has 1 saturated heterocycles.